The van der Waals surface area contributed by atoms with Gasteiger partial charge in [0, 0.05) is 0 Å². The van der Waals surface area contributed by atoms with Gasteiger partial charge in [-0.25, -0.2) is 4.79 Å². The number of nitrogens with zero attached hydrogens (tertiary/aromatic N) is 1. The molecular formula is C14H11NO3. The number of nitriles is 1. The molecule has 0 aliphatic rings. The monoisotopic (exact) mass is 241 g/mol. The lowest BCUT2D eigenvalue weighted by atomic mass is 10.1. The van der Waals surface area contributed by atoms with E-state index in [2.05, 4.69) is 0 Å². The molecule has 0 saturated heterocycles. The van der Waals surface area contributed by atoms with Crippen molar-refractivity contribution < 1.29 is 13.9 Å². The summed E-state index contributed by atoms with van der Waals surface area (Å²) in [6.07, 6.45) is 0.411. The first-order valence-electron chi connectivity index (χ1n) is 5.42. The molecule has 18 heavy (non-hydrogen) atoms. The maximum atomic E-state index is 11.9. The normalized spacial score (nSPS) is 11.6. The third-order valence-electron chi connectivity index (χ3n) is 2.51. The Morgan fingerprint density at radius 2 is 2.11 bits per heavy atom. The molecule has 2 aromatic rings. The van der Waals surface area contributed by atoms with Gasteiger partial charge in [0.25, 0.3) is 0 Å². The van der Waals surface area contributed by atoms with E-state index in [1.165, 1.54) is 6.26 Å². The molecule has 0 radical (unpaired) electrons. The smallest absolute Gasteiger partial charge is 0.340 e. The molecule has 1 heterocycles. The average molecular weight is 241 g/mol. The van der Waals surface area contributed by atoms with Gasteiger partial charge >= 0.3 is 5.97 Å². The van der Waals surface area contributed by atoms with Crippen LogP contribution in [0.15, 0.2) is 47.1 Å². The summed E-state index contributed by atoms with van der Waals surface area (Å²) in [6, 6.07) is 12.2. The summed E-state index contributed by atoms with van der Waals surface area (Å²) in [5.41, 5.74) is 1.25. The minimum atomic E-state index is -1.02. The Labute approximate surface area is 104 Å². The lowest BCUT2D eigenvalue weighted by molar-refractivity contribution is 0.0367. The summed E-state index contributed by atoms with van der Waals surface area (Å²) >= 11 is 0. The average Bonchev–Trinajstić information content (AvgIpc) is 2.90. The summed E-state index contributed by atoms with van der Waals surface area (Å²) < 4.78 is 10.2. The quantitative estimate of drug-likeness (QED) is 0.775. The number of furan rings is 1. The van der Waals surface area contributed by atoms with Crippen LogP contribution in [0.2, 0.25) is 0 Å². The number of carbonyl (C=O) groups is 1. The maximum absolute atomic E-state index is 11.9. The zero-order valence-electron chi connectivity index (χ0n) is 9.79. The standard InChI is InChI=1S/C14H11NO3/c1-10-5-2-3-6-11(10)14(16)18-13(9-15)12-7-4-8-17-12/h2-8,13H,1H3. The van der Waals surface area contributed by atoms with Gasteiger partial charge in [0.05, 0.1) is 11.8 Å². The molecular weight excluding hydrogens is 230 g/mol. The predicted molar refractivity (Wildman–Crippen MR) is 63.7 cm³/mol. The van der Waals surface area contributed by atoms with Crippen LogP contribution in [0.25, 0.3) is 0 Å². The first-order chi connectivity index (χ1) is 8.72. The van der Waals surface area contributed by atoms with Gasteiger partial charge in [-0.2, -0.15) is 5.26 Å². The number of ether oxygens (including phenoxy) is 1. The fourth-order valence-electron chi connectivity index (χ4n) is 1.56. The Kier molecular flexibility index (Phi) is 3.44. The molecule has 0 spiro atoms. The molecule has 1 aromatic carbocycles. The largest absolute Gasteiger partial charge is 0.464 e. The molecule has 0 aliphatic heterocycles. The Morgan fingerprint density at radius 3 is 2.72 bits per heavy atom. The van der Waals surface area contributed by atoms with Crippen molar-refractivity contribution in [2.24, 2.45) is 0 Å². The summed E-state index contributed by atoms with van der Waals surface area (Å²) in [4.78, 5) is 11.9. The van der Waals surface area contributed by atoms with Crippen molar-refractivity contribution in [3.8, 4) is 6.07 Å². The van der Waals surface area contributed by atoms with Crippen LogP contribution in [0.1, 0.15) is 27.8 Å². The second kappa shape index (κ2) is 5.19. The topological polar surface area (TPSA) is 63.2 Å². The van der Waals surface area contributed by atoms with Gasteiger partial charge in [-0.3, -0.25) is 0 Å². The lowest BCUT2D eigenvalue weighted by Crippen LogP contribution is -2.11. The summed E-state index contributed by atoms with van der Waals surface area (Å²) in [5, 5.41) is 8.98. The van der Waals surface area contributed by atoms with E-state index in [0.29, 0.717) is 11.3 Å². The van der Waals surface area contributed by atoms with Gasteiger partial charge in [-0.1, -0.05) is 18.2 Å². The van der Waals surface area contributed by atoms with Crippen LogP contribution in [0, 0.1) is 18.3 Å². The molecule has 0 aliphatic carbocycles. The van der Waals surface area contributed by atoms with Crippen molar-refractivity contribution >= 4 is 5.97 Å². The minimum absolute atomic E-state index is 0.319. The second-order valence-corrected chi connectivity index (χ2v) is 3.74. The highest BCUT2D eigenvalue weighted by atomic mass is 16.6. The van der Waals surface area contributed by atoms with Crippen molar-refractivity contribution in [1.82, 2.24) is 0 Å². The zero-order valence-corrected chi connectivity index (χ0v) is 9.79. The van der Waals surface area contributed by atoms with E-state index in [-0.39, 0.29) is 0 Å². The lowest BCUT2D eigenvalue weighted by Gasteiger charge is -2.09. The first-order valence-corrected chi connectivity index (χ1v) is 5.42. The fourth-order valence-corrected chi connectivity index (χ4v) is 1.56. The molecule has 0 amide bonds. The zero-order chi connectivity index (χ0) is 13.0. The summed E-state index contributed by atoms with van der Waals surface area (Å²) in [7, 11) is 0. The van der Waals surface area contributed by atoms with Crippen LogP contribution < -0.4 is 0 Å². The molecule has 1 aromatic heterocycles. The van der Waals surface area contributed by atoms with E-state index in [0.717, 1.165) is 5.56 Å². The van der Waals surface area contributed by atoms with Crippen LogP contribution in [0.4, 0.5) is 0 Å². The molecule has 90 valence electrons. The van der Waals surface area contributed by atoms with Crippen LogP contribution in [-0.4, -0.2) is 5.97 Å². The summed E-state index contributed by atoms with van der Waals surface area (Å²) in [6.45, 7) is 1.81. The Balaban J connectivity index is 2.17. The third kappa shape index (κ3) is 2.41. The van der Waals surface area contributed by atoms with Crippen molar-refractivity contribution in [2.45, 2.75) is 13.0 Å². The Hall–Kier alpha value is -2.54. The van der Waals surface area contributed by atoms with Gasteiger partial charge in [-0.15, -0.1) is 0 Å². The maximum Gasteiger partial charge on any atom is 0.340 e. The highest BCUT2D eigenvalue weighted by Crippen LogP contribution is 2.19. The number of rotatable bonds is 3. The molecule has 1 unspecified atom stereocenters. The van der Waals surface area contributed by atoms with Crippen LogP contribution in [-0.2, 0) is 4.74 Å². The Morgan fingerprint density at radius 1 is 1.33 bits per heavy atom. The molecule has 2 rings (SSSR count). The SMILES string of the molecule is Cc1ccccc1C(=O)OC(C#N)c1ccco1. The van der Waals surface area contributed by atoms with Gasteiger partial charge in [-0.05, 0) is 30.7 Å². The molecule has 4 nitrogen and oxygen atoms in total. The van der Waals surface area contributed by atoms with E-state index in [1.54, 1.807) is 24.3 Å². The van der Waals surface area contributed by atoms with Crippen molar-refractivity contribution in [3.63, 3.8) is 0 Å². The number of hydrogen-bond donors (Lipinski definition) is 0. The predicted octanol–water partition coefficient (Wildman–Crippen LogP) is 3.01. The first kappa shape index (κ1) is 11.9. The molecule has 0 fully saturated rings. The number of aryl methyl sites for hydroxylation is 1. The fraction of sp³-hybridized carbons (Fsp3) is 0.143. The highest BCUT2D eigenvalue weighted by molar-refractivity contribution is 5.91. The second-order valence-electron chi connectivity index (χ2n) is 3.74. The highest BCUT2D eigenvalue weighted by Gasteiger charge is 2.20. The van der Waals surface area contributed by atoms with Crippen molar-refractivity contribution in [2.75, 3.05) is 0 Å². The Bertz CT molecular complexity index is 581. The van der Waals surface area contributed by atoms with Crippen LogP contribution >= 0.6 is 0 Å². The number of esters is 1. The van der Waals surface area contributed by atoms with Gasteiger partial charge < -0.3 is 9.15 Å². The number of benzene rings is 1. The molecule has 0 bridgehead atoms. The van der Waals surface area contributed by atoms with E-state index >= 15 is 0 Å². The van der Waals surface area contributed by atoms with E-state index < -0.39 is 12.1 Å². The van der Waals surface area contributed by atoms with Crippen LogP contribution in [0.5, 0.6) is 0 Å². The number of carbonyl (C=O) groups excluding carboxylic acids is 1. The van der Waals surface area contributed by atoms with Crippen molar-refractivity contribution in [3.05, 3.63) is 59.5 Å². The third-order valence-corrected chi connectivity index (χ3v) is 2.51. The van der Waals surface area contributed by atoms with E-state index in [9.17, 15) is 4.79 Å². The minimum Gasteiger partial charge on any atom is -0.464 e. The number of hydrogen-bond acceptors (Lipinski definition) is 4. The molecule has 1 atom stereocenters. The molecule has 0 N–H and O–H groups in total. The van der Waals surface area contributed by atoms with Gasteiger partial charge in [0.15, 0.2) is 5.76 Å². The van der Waals surface area contributed by atoms with E-state index in [1.807, 2.05) is 25.1 Å². The van der Waals surface area contributed by atoms with E-state index in [4.69, 9.17) is 14.4 Å². The van der Waals surface area contributed by atoms with Crippen LogP contribution in [0.3, 0.4) is 0 Å². The molecule has 0 saturated carbocycles. The van der Waals surface area contributed by atoms with Gasteiger partial charge in [0.1, 0.15) is 6.07 Å². The molecule has 4 heteroatoms. The van der Waals surface area contributed by atoms with Gasteiger partial charge in [0.2, 0.25) is 6.10 Å². The van der Waals surface area contributed by atoms with Crippen molar-refractivity contribution in [1.29, 1.82) is 5.26 Å². The summed E-state index contributed by atoms with van der Waals surface area (Å²) in [5.74, 6) is -0.213.